The number of hydrogen-bond acceptors (Lipinski definition) is 4. The van der Waals surface area contributed by atoms with Crippen LogP contribution in [0.1, 0.15) is 40.0 Å². The fourth-order valence-electron chi connectivity index (χ4n) is 3.50. The first-order valence-corrected chi connectivity index (χ1v) is 6.68. The molecule has 3 unspecified atom stereocenters. The van der Waals surface area contributed by atoms with E-state index in [4.69, 9.17) is 9.47 Å². The Kier molecular flexibility index (Phi) is 2.43. The van der Waals surface area contributed by atoms with E-state index in [1.165, 1.54) is 4.90 Å². The zero-order chi connectivity index (χ0) is 14.0. The second-order valence-corrected chi connectivity index (χ2v) is 6.57. The van der Waals surface area contributed by atoms with E-state index in [2.05, 4.69) is 0 Å². The van der Waals surface area contributed by atoms with Crippen LogP contribution in [0.5, 0.6) is 0 Å². The van der Waals surface area contributed by atoms with E-state index in [0.717, 1.165) is 19.3 Å². The number of nitrogens with zero attached hydrogens (tertiary/aromatic N) is 1. The number of morpholine rings is 1. The number of rotatable bonds is 1. The van der Waals surface area contributed by atoms with Crippen molar-refractivity contribution in [3.63, 3.8) is 0 Å². The fourth-order valence-corrected chi connectivity index (χ4v) is 3.50. The molecular weight excluding hydrogens is 250 g/mol. The zero-order valence-corrected chi connectivity index (χ0v) is 11.4. The van der Waals surface area contributed by atoms with Crippen molar-refractivity contribution in [3.05, 3.63) is 0 Å². The van der Waals surface area contributed by atoms with Crippen molar-refractivity contribution in [2.45, 2.75) is 69.4 Å². The summed E-state index contributed by atoms with van der Waals surface area (Å²) in [5, 5.41) is 9.35. The molecule has 2 saturated heterocycles. The molecule has 0 aromatic carbocycles. The van der Waals surface area contributed by atoms with Gasteiger partial charge < -0.3 is 14.6 Å². The number of ether oxygens (including phenoxy) is 2. The number of amides is 1. The predicted molar refractivity (Wildman–Crippen MR) is 64.7 cm³/mol. The molecule has 3 aliphatic rings. The van der Waals surface area contributed by atoms with Crippen LogP contribution in [-0.4, -0.2) is 51.5 Å². The van der Waals surface area contributed by atoms with Gasteiger partial charge in [0.1, 0.15) is 17.3 Å². The number of carboxylic acids is 1. The number of epoxide rings is 1. The van der Waals surface area contributed by atoms with Crippen molar-refractivity contribution in [2.75, 3.05) is 0 Å². The highest BCUT2D eigenvalue weighted by Gasteiger charge is 2.77. The molecular formula is C13H19NO5. The average molecular weight is 269 g/mol. The van der Waals surface area contributed by atoms with Crippen molar-refractivity contribution < 1.29 is 24.2 Å². The van der Waals surface area contributed by atoms with Crippen molar-refractivity contribution in [1.82, 2.24) is 4.90 Å². The number of likely N-dealkylation sites (tertiary alicyclic amines) is 1. The number of carbonyl (C=O) groups is 2. The molecule has 6 heteroatoms. The Labute approximate surface area is 111 Å². The first kappa shape index (κ1) is 12.7. The monoisotopic (exact) mass is 269 g/mol. The van der Waals surface area contributed by atoms with E-state index in [1.54, 1.807) is 20.8 Å². The lowest BCUT2D eigenvalue weighted by Crippen LogP contribution is -2.51. The Hall–Kier alpha value is -1.30. The minimum Gasteiger partial charge on any atom is -0.480 e. The molecule has 0 bridgehead atoms. The molecule has 6 nitrogen and oxygen atoms in total. The summed E-state index contributed by atoms with van der Waals surface area (Å²) in [4.78, 5) is 25.1. The molecule has 3 fully saturated rings. The summed E-state index contributed by atoms with van der Waals surface area (Å²) < 4.78 is 11.0. The van der Waals surface area contributed by atoms with Gasteiger partial charge in [0.25, 0.3) is 0 Å². The van der Waals surface area contributed by atoms with Gasteiger partial charge in [-0.3, -0.25) is 4.90 Å². The molecule has 19 heavy (non-hydrogen) atoms. The van der Waals surface area contributed by atoms with Gasteiger partial charge in [-0.2, -0.15) is 0 Å². The van der Waals surface area contributed by atoms with Gasteiger partial charge in [-0.1, -0.05) is 0 Å². The summed E-state index contributed by atoms with van der Waals surface area (Å²) in [6.07, 6.45) is 1.70. The molecule has 0 radical (unpaired) electrons. The first-order chi connectivity index (χ1) is 8.76. The van der Waals surface area contributed by atoms with Crippen LogP contribution in [0.2, 0.25) is 0 Å². The summed E-state index contributed by atoms with van der Waals surface area (Å²) in [6.45, 7) is 5.33. The molecule has 2 aliphatic heterocycles. The Morgan fingerprint density at radius 1 is 1.42 bits per heavy atom. The fraction of sp³-hybridized carbons (Fsp3) is 0.846. The van der Waals surface area contributed by atoms with Gasteiger partial charge >= 0.3 is 12.1 Å². The lowest BCUT2D eigenvalue weighted by atomic mass is 10.0. The van der Waals surface area contributed by atoms with Crippen molar-refractivity contribution in [1.29, 1.82) is 0 Å². The Morgan fingerprint density at radius 3 is 2.68 bits per heavy atom. The van der Waals surface area contributed by atoms with Crippen LogP contribution >= 0.6 is 0 Å². The molecule has 1 aliphatic carbocycles. The standard InChI is InChI=1S/C13H19NO5/c1-12(2,3)19-11(17)14-7-5-4-6-13(7)9(18-13)8(14)10(15)16/h7-9H,4-6H2,1-3H3,(H,15,16)/t7?,8-,9?,13?/m0/s1. The van der Waals surface area contributed by atoms with Crippen molar-refractivity contribution >= 4 is 12.1 Å². The van der Waals surface area contributed by atoms with E-state index < -0.39 is 29.3 Å². The topological polar surface area (TPSA) is 79.4 Å². The smallest absolute Gasteiger partial charge is 0.411 e. The summed E-state index contributed by atoms with van der Waals surface area (Å²) in [7, 11) is 0. The van der Waals surface area contributed by atoms with Crippen molar-refractivity contribution in [2.24, 2.45) is 0 Å². The molecule has 1 N–H and O–H groups in total. The highest BCUT2D eigenvalue weighted by molar-refractivity contribution is 5.84. The molecule has 1 saturated carbocycles. The maximum absolute atomic E-state index is 12.3. The van der Waals surface area contributed by atoms with Crippen molar-refractivity contribution in [3.8, 4) is 0 Å². The SMILES string of the molecule is CC(C)(C)OC(=O)N1C2CCCC23OC3[C@H]1C(=O)O. The van der Waals surface area contributed by atoms with Crippen LogP contribution in [0, 0.1) is 0 Å². The summed E-state index contributed by atoms with van der Waals surface area (Å²) in [5.41, 5.74) is -1.03. The average Bonchev–Trinajstić information content (AvgIpc) is 2.65. The van der Waals surface area contributed by atoms with Crippen LogP contribution < -0.4 is 0 Å². The second-order valence-electron chi connectivity index (χ2n) is 6.57. The maximum Gasteiger partial charge on any atom is 0.411 e. The van der Waals surface area contributed by atoms with E-state index in [-0.39, 0.29) is 12.1 Å². The molecule has 1 spiro atoms. The Balaban J connectivity index is 1.86. The Bertz CT molecular complexity index is 443. The normalized spacial score (nSPS) is 39.7. The van der Waals surface area contributed by atoms with Gasteiger partial charge in [0.2, 0.25) is 0 Å². The van der Waals surface area contributed by atoms with Crippen LogP contribution in [-0.2, 0) is 14.3 Å². The quantitative estimate of drug-likeness (QED) is 0.727. The van der Waals surface area contributed by atoms with Crippen LogP contribution in [0.15, 0.2) is 0 Å². The summed E-state index contributed by atoms with van der Waals surface area (Å²) >= 11 is 0. The van der Waals surface area contributed by atoms with Crippen LogP contribution in [0.4, 0.5) is 4.79 Å². The van der Waals surface area contributed by atoms with Gasteiger partial charge in [0, 0.05) is 0 Å². The largest absolute Gasteiger partial charge is 0.480 e. The minimum absolute atomic E-state index is 0.145. The Morgan fingerprint density at radius 2 is 2.11 bits per heavy atom. The van der Waals surface area contributed by atoms with Crippen LogP contribution in [0.25, 0.3) is 0 Å². The third-order valence-corrected chi connectivity index (χ3v) is 4.16. The maximum atomic E-state index is 12.3. The van der Waals surface area contributed by atoms with Gasteiger partial charge in [-0.25, -0.2) is 9.59 Å². The highest BCUT2D eigenvalue weighted by atomic mass is 16.6. The third-order valence-electron chi connectivity index (χ3n) is 4.16. The molecule has 1 amide bonds. The second kappa shape index (κ2) is 3.62. The summed E-state index contributed by atoms with van der Waals surface area (Å²) in [5.74, 6) is -1.01. The van der Waals surface area contributed by atoms with Gasteiger partial charge in [-0.05, 0) is 40.0 Å². The molecule has 106 valence electrons. The molecule has 3 rings (SSSR count). The lowest BCUT2D eigenvalue weighted by Gasteiger charge is -2.32. The van der Waals surface area contributed by atoms with E-state index in [1.807, 2.05) is 0 Å². The minimum atomic E-state index is -1.01. The summed E-state index contributed by atoms with van der Waals surface area (Å²) in [6, 6.07) is -1.05. The van der Waals surface area contributed by atoms with E-state index in [9.17, 15) is 14.7 Å². The molecule has 0 aromatic heterocycles. The predicted octanol–water partition coefficient (Wildman–Crippen LogP) is 1.38. The van der Waals surface area contributed by atoms with E-state index in [0.29, 0.717) is 0 Å². The number of aliphatic carboxylic acids is 1. The molecule has 0 aromatic rings. The number of hydrogen-bond donors (Lipinski definition) is 1. The van der Waals surface area contributed by atoms with E-state index >= 15 is 0 Å². The third kappa shape index (κ3) is 1.73. The van der Waals surface area contributed by atoms with Gasteiger partial charge in [0.05, 0.1) is 6.04 Å². The molecule has 2 heterocycles. The number of carboxylic acid groups (broad SMARTS) is 1. The number of carbonyl (C=O) groups excluding carboxylic acids is 1. The zero-order valence-electron chi connectivity index (χ0n) is 11.4. The van der Waals surface area contributed by atoms with Crippen LogP contribution in [0.3, 0.4) is 0 Å². The first-order valence-electron chi connectivity index (χ1n) is 6.68. The van der Waals surface area contributed by atoms with Gasteiger partial charge in [-0.15, -0.1) is 0 Å². The van der Waals surface area contributed by atoms with Gasteiger partial charge in [0.15, 0.2) is 6.04 Å². The molecule has 4 atom stereocenters. The highest BCUT2D eigenvalue weighted by Crippen LogP contribution is 2.59. The lowest BCUT2D eigenvalue weighted by molar-refractivity contribution is -0.144.